The van der Waals surface area contributed by atoms with Crippen molar-refractivity contribution in [3.63, 3.8) is 0 Å². The summed E-state index contributed by atoms with van der Waals surface area (Å²) in [5.74, 6) is -1.06. The molecule has 1 fully saturated rings. The molecule has 0 aliphatic carbocycles. The van der Waals surface area contributed by atoms with Gasteiger partial charge in [-0.3, -0.25) is 4.90 Å². The first-order valence-electron chi connectivity index (χ1n) is 10.0. The van der Waals surface area contributed by atoms with E-state index in [9.17, 15) is 13.2 Å². The monoisotopic (exact) mass is 416 g/mol. The van der Waals surface area contributed by atoms with E-state index >= 15 is 0 Å². The van der Waals surface area contributed by atoms with Crippen LogP contribution in [-0.4, -0.2) is 29.6 Å². The molecule has 0 spiro atoms. The van der Waals surface area contributed by atoms with Gasteiger partial charge in [0.25, 0.3) is 0 Å². The summed E-state index contributed by atoms with van der Waals surface area (Å²) in [6.45, 7) is 4.43. The molecule has 2 heterocycles. The van der Waals surface area contributed by atoms with Gasteiger partial charge in [-0.05, 0) is 50.6 Å². The fourth-order valence-electron chi connectivity index (χ4n) is 3.77. The smallest absolute Gasteiger partial charge is 0.229 e. The summed E-state index contributed by atoms with van der Waals surface area (Å²) in [6, 6.07) is 10.3. The zero-order chi connectivity index (χ0) is 21.1. The fraction of sp³-hybridized carbons (Fsp3) is 0.348. The molecule has 4 rings (SSSR count). The molecule has 0 bridgehead atoms. The zero-order valence-corrected chi connectivity index (χ0v) is 16.7. The Bertz CT molecular complexity index is 1020. The molecule has 1 saturated heterocycles. The third-order valence-electron chi connectivity index (χ3n) is 5.36. The standard InChI is InChI=1S/C23H23F3N2O2/c1-15-20(27-23(30-15)17-7-4-9-19(25)22(17)26)13-28-11-5-6-16(12-28)14-29-21-10-3-2-8-18(21)24/h2-4,7-10,16H,5-6,11-14H2,1H3/t16-/m0/s1. The molecule has 30 heavy (non-hydrogen) atoms. The number of aromatic nitrogens is 1. The van der Waals surface area contributed by atoms with Crippen molar-refractivity contribution >= 4 is 0 Å². The highest BCUT2D eigenvalue weighted by Gasteiger charge is 2.24. The molecule has 0 saturated carbocycles. The third-order valence-corrected chi connectivity index (χ3v) is 5.36. The largest absolute Gasteiger partial charge is 0.490 e. The molecule has 4 nitrogen and oxygen atoms in total. The van der Waals surface area contributed by atoms with Gasteiger partial charge >= 0.3 is 0 Å². The van der Waals surface area contributed by atoms with Gasteiger partial charge in [0.1, 0.15) is 5.76 Å². The molecule has 1 aromatic heterocycles. The van der Waals surface area contributed by atoms with Crippen molar-refractivity contribution < 1.29 is 22.3 Å². The predicted octanol–water partition coefficient (Wildman–Crippen LogP) is 5.36. The minimum Gasteiger partial charge on any atom is -0.490 e. The molecule has 1 aliphatic rings. The van der Waals surface area contributed by atoms with Crippen molar-refractivity contribution in [3.8, 4) is 17.2 Å². The molecule has 0 radical (unpaired) electrons. The lowest BCUT2D eigenvalue weighted by Crippen LogP contribution is -2.37. The van der Waals surface area contributed by atoms with Gasteiger partial charge in [0.05, 0.1) is 17.9 Å². The summed E-state index contributed by atoms with van der Waals surface area (Å²) in [6.07, 6.45) is 2.00. The normalized spacial score (nSPS) is 17.3. The Hall–Kier alpha value is -2.80. The number of hydrogen-bond donors (Lipinski definition) is 0. The number of nitrogens with zero attached hydrogens (tertiary/aromatic N) is 2. The number of para-hydroxylation sites is 1. The molecule has 158 valence electrons. The highest BCUT2D eigenvalue weighted by atomic mass is 19.2. The number of likely N-dealkylation sites (tertiary alicyclic amines) is 1. The summed E-state index contributed by atoms with van der Waals surface area (Å²) in [7, 11) is 0. The van der Waals surface area contributed by atoms with E-state index in [0.717, 1.165) is 32.0 Å². The predicted molar refractivity (Wildman–Crippen MR) is 106 cm³/mol. The van der Waals surface area contributed by atoms with Gasteiger partial charge < -0.3 is 9.15 Å². The van der Waals surface area contributed by atoms with E-state index in [1.807, 2.05) is 0 Å². The van der Waals surface area contributed by atoms with Crippen molar-refractivity contribution in [1.29, 1.82) is 0 Å². The molecular formula is C23H23F3N2O2. The Morgan fingerprint density at radius 3 is 2.73 bits per heavy atom. The van der Waals surface area contributed by atoms with Crippen LogP contribution in [0.1, 0.15) is 24.3 Å². The molecule has 0 amide bonds. The van der Waals surface area contributed by atoms with Crippen LogP contribution in [0.2, 0.25) is 0 Å². The highest BCUT2D eigenvalue weighted by Crippen LogP contribution is 2.27. The van der Waals surface area contributed by atoms with E-state index in [-0.39, 0.29) is 28.9 Å². The van der Waals surface area contributed by atoms with E-state index in [1.54, 1.807) is 25.1 Å². The molecule has 7 heteroatoms. The molecule has 1 aliphatic heterocycles. The number of piperidine rings is 1. The summed E-state index contributed by atoms with van der Waals surface area (Å²) in [4.78, 5) is 6.64. The SMILES string of the molecule is Cc1oc(-c2cccc(F)c2F)nc1CN1CCC[C@H](COc2ccccc2F)C1. The first-order chi connectivity index (χ1) is 14.5. The lowest BCUT2D eigenvalue weighted by atomic mass is 9.99. The number of halogens is 3. The maximum absolute atomic E-state index is 14.1. The van der Waals surface area contributed by atoms with E-state index in [4.69, 9.17) is 9.15 Å². The van der Waals surface area contributed by atoms with Crippen LogP contribution in [0.4, 0.5) is 13.2 Å². The van der Waals surface area contributed by atoms with Crippen LogP contribution >= 0.6 is 0 Å². The van der Waals surface area contributed by atoms with Crippen LogP contribution in [-0.2, 0) is 6.54 Å². The molecule has 2 aromatic carbocycles. The fourth-order valence-corrected chi connectivity index (χ4v) is 3.77. The van der Waals surface area contributed by atoms with E-state index in [1.165, 1.54) is 18.2 Å². The van der Waals surface area contributed by atoms with Crippen LogP contribution in [0.25, 0.3) is 11.5 Å². The van der Waals surface area contributed by atoms with E-state index in [0.29, 0.717) is 24.6 Å². The second kappa shape index (κ2) is 8.92. The van der Waals surface area contributed by atoms with Gasteiger partial charge in [-0.1, -0.05) is 18.2 Å². The number of hydrogen-bond acceptors (Lipinski definition) is 4. The lowest BCUT2D eigenvalue weighted by Gasteiger charge is -2.32. The summed E-state index contributed by atoms with van der Waals surface area (Å²) in [5.41, 5.74) is 0.712. The van der Waals surface area contributed by atoms with Gasteiger partial charge in [0.2, 0.25) is 5.89 Å². The van der Waals surface area contributed by atoms with Crippen molar-refractivity contribution in [2.75, 3.05) is 19.7 Å². The quantitative estimate of drug-likeness (QED) is 0.542. The topological polar surface area (TPSA) is 38.5 Å². The Morgan fingerprint density at radius 1 is 1.10 bits per heavy atom. The zero-order valence-electron chi connectivity index (χ0n) is 16.7. The van der Waals surface area contributed by atoms with Gasteiger partial charge in [-0.15, -0.1) is 0 Å². The van der Waals surface area contributed by atoms with E-state index < -0.39 is 11.6 Å². The second-order valence-electron chi connectivity index (χ2n) is 7.61. The summed E-state index contributed by atoms with van der Waals surface area (Å²) >= 11 is 0. The summed E-state index contributed by atoms with van der Waals surface area (Å²) in [5, 5.41) is 0. The lowest BCUT2D eigenvalue weighted by molar-refractivity contribution is 0.122. The van der Waals surface area contributed by atoms with Crippen LogP contribution in [0, 0.1) is 30.3 Å². The summed E-state index contributed by atoms with van der Waals surface area (Å²) < 4.78 is 52.6. The average molecular weight is 416 g/mol. The van der Waals surface area contributed by atoms with Gasteiger partial charge in [0.15, 0.2) is 23.2 Å². The number of rotatable bonds is 6. The average Bonchev–Trinajstić information content (AvgIpc) is 3.10. The van der Waals surface area contributed by atoms with Gasteiger partial charge in [-0.25, -0.2) is 18.2 Å². The van der Waals surface area contributed by atoms with Crippen molar-refractivity contribution in [2.24, 2.45) is 5.92 Å². The minimum absolute atomic E-state index is 0.0131. The van der Waals surface area contributed by atoms with Crippen molar-refractivity contribution in [1.82, 2.24) is 9.88 Å². The van der Waals surface area contributed by atoms with Crippen LogP contribution in [0.3, 0.4) is 0 Å². The molecular weight excluding hydrogens is 393 g/mol. The Labute approximate surface area is 173 Å². The first-order valence-corrected chi connectivity index (χ1v) is 10.0. The van der Waals surface area contributed by atoms with Crippen LogP contribution in [0.5, 0.6) is 5.75 Å². The molecule has 1 atom stereocenters. The third kappa shape index (κ3) is 4.51. The minimum atomic E-state index is -0.964. The van der Waals surface area contributed by atoms with Crippen molar-refractivity contribution in [2.45, 2.75) is 26.3 Å². The second-order valence-corrected chi connectivity index (χ2v) is 7.61. The van der Waals surface area contributed by atoms with E-state index in [2.05, 4.69) is 9.88 Å². The Balaban J connectivity index is 1.40. The highest BCUT2D eigenvalue weighted by molar-refractivity contribution is 5.54. The molecule has 0 unspecified atom stereocenters. The maximum Gasteiger partial charge on any atom is 0.229 e. The van der Waals surface area contributed by atoms with Crippen LogP contribution < -0.4 is 4.74 Å². The number of benzene rings is 2. The molecule has 0 N–H and O–H groups in total. The number of oxazole rings is 1. The Morgan fingerprint density at radius 2 is 1.90 bits per heavy atom. The van der Waals surface area contributed by atoms with Crippen LogP contribution in [0.15, 0.2) is 46.9 Å². The van der Waals surface area contributed by atoms with Gasteiger partial charge in [0, 0.05) is 19.0 Å². The van der Waals surface area contributed by atoms with Crippen molar-refractivity contribution in [3.05, 3.63) is 71.4 Å². The number of aryl methyl sites for hydroxylation is 1. The number of ether oxygens (including phenoxy) is 1. The maximum atomic E-state index is 14.1. The van der Waals surface area contributed by atoms with Gasteiger partial charge in [-0.2, -0.15) is 0 Å². The first kappa shape index (κ1) is 20.5. The Kier molecular flexibility index (Phi) is 6.08. The molecule has 3 aromatic rings.